The lowest BCUT2D eigenvalue weighted by Crippen LogP contribution is -2.25. The number of hydrogen-bond acceptors (Lipinski definition) is 2. The molecule has 0 aliphatic carbocycles. The number of para-hydroxylation sites is 1. The first-order chi connectivity index (χ1) is 9.26. The van der Waals surface area contributed by atoms with Crippen molar-refractivity contribution < 1.29 is 5.11 Å². The van der Waals surface area contributed by atoms with Crippen molar-refractivity contribution in [2.24, 2.45) is 5.92 Å². The average Bonchev–Trinajstić information content (AvgIpc) is 2.71. The largest absolute Gasteiger partial charge is 0.388 e. The molecule has 106 valence electrons. The molecule has 2 atom stereocenters. The quantitative estimate of drug-likeness (QED) is 0.880. The second-order valence-corrected chi connectivity index (χ2v) is 5.68. The second-order valence-electron chi connectivity index (χ2n) is 5.68. The summed E-state index contributed by atoms with van der Waals surface area (Å²) in [5, 5.41) is 10.2. The van der Waals surface area contributed by atoms with Gasteiger partial charge in [0.25, 0.3) is 0 Å². The summed E-state index contributed by atoms with van der Waals surface area (Å²) in [7, 11) is 0. The fraction of sp³-hybridized carbons (Fsp3) is 0.647. The second kappa shape index (κ2) is 6.95. The summed E-state index contributed by atoms with van der Waals surface area (Å²) in [6, 6.07) is 8.36. The lowest BCUT2D eigenvalue weighted by molar-refractivity contribution is 0.174. The van der Waals surface area contributed by atoms with E-state index in [2.05, 4.69) is 30.0 Å². The number of hydrogen-bond donors (Lipinski definition) is 1. The van der Waals surface area contributed by atoms with Gasteiger partial charge in [-0.3, -0.25) is 0 Å². The van der Waals surface area contributed by atoms with Gasteiger partial charge >= 0.3 is 0 Å². The zero-order valence-electron chi connectivity index (χ0n) is 12.3. The molecule has 19 heavy (non-hydrogen) atoms. The first-order valence-corrected chi connectivity index (χ1v) is 7.78. The molecule has 1 aliphatic rings. The Hall–Kier alpha value is -1.02. The molecule has 0 radical (unpaired) electrons. The molecule has 1 saturated heterocycles. The summed E-state index contributed by atoms with van der Waals surface area (Å²) in [6.45, 7) is 6.60. The van der Waals surface area contributed by atoms with Crippen LogP contribution in [0, 0.1) is 5.92 Å². The van der Waals surface area contributed by atoms with Crippen LogP contribution in [0.4, 0.5) is 5.69 Å². The molecule has 0 spiro atoms. The van der Waals surface area contributed by atoms with Crippen LogP contribution in [0.1, 0.15) is 57.6 Å². The first kappa shape index (κ1) is 14.4. The number of anilines is 1. The molecular formula is C17H27NO. The Morgan fingerprint density at radius 1 is 1.21 bits per heavy atom. The van der Waals surface area contributed by atoms with Gasteiger partial charge in [0.15, 0.2) is 0 Å². The van der Waals surface area contributed by atoms with E-state index in [0.29, 0.717) is 0 Å². The van der Waals surface area contributed by atoms with Crippen molar-refractivity contribution in [1.82, 2.24) is 0 Å². The topological polar surface area (TPSA) is 23.5 Å². The van der Waals surface area contributed by atoms with Gasteiger partial charge in [0, 0.05) is 24.3 Å². The van der Waals surface area contributed by atoms with Gasteiger partial charge in [-0.15, -0.1) is 0 Å². The van der Waals surface area contributed by atoms with Crippen LogP contribution in [0.15, 0.2) is 24.3 Å². The smallest absolute Gasteiger partial charge is 0.0807 e. The van der Waals surface area contributed by atoms with E-state index >= 15 is 0 Å². The highest BCUT2D eigenvalue weighted by Crippen LogP contribution is 2.31. The molecule has 1 fully saturated rings. The minimum atomic E-state index is -0.332. The number of rotatable bonds is 4. The van der Waals surface area contributed by atoms with Crippen molar-refractivity contribution in [2.45, 2.75) is 52.1 Å². The van der Waals surface area contributed by atoms with Crippen molar-refractivity contribution in [3.8, 4) is 0 Å². The Morgan fingerprint density at radius 3 is 2.74 bits per heavy atom. The minimum Gasteiger partial charge on any atom is -0.388 e. The van der Waals surface area contributed by atoms with E-state index in [0.717, 1.165) is 31.0 Å². The molecule has 2 nitrogen and oxygen atoms in total. The number of aliphatic hydroxyl groups excluding tert-OH is 1. The summed E-state index contributed by atoms with van der Waals surface area (Å²) in [5.41, 5.74) is 2.34. The third-order valence-electron chi connectivity index (χ3n) is 4.45. The lowest BCUT2D eigenvalue weighted by Gasteiger charge is -2.27. The van der Waals surface area contributed by atoms with Crippen molar-refractivity contribution >= 4 is 5.69 Å². The molecular weight excluding hydrogens is 234 g/mol. The third kappa shape index (κ3) is 3.50. The fourth-order valence-electron chi connectivity index (χ4n) is 3.09. The Bertz CT molecular complexity index is 391. The molecule has 0 saturated carbocycles. The minimum absolute atomic E-state index is 0.332. The van der Waals surface area contributed by atoms with Crippen LogP contribution in [0.3, 0.4) is 0 Å². The molecule has 2 heteroatoms. The van der Waals surface area contributed by atoms with Gasteiger partial charge in [-0.2, -0.15) is 0 Å². The van der Waals surface area contributed by atoms with Crippen molar-refractivity contribution in [2.75, 3.05) is 18.0 Å². The van der Waals surface area contributed by atoms with E-state index in [9.17, 15) is 5.11 Å². The van der Waals surface area contributed by atoms with Crippen LogP contribution in [0.5, 0.6) is 0 Å². The fourth-order valence-corrected chi connectivity index (χ4v) is 3.09. The molecule has 1 N–H and O–H groups in total. The molecule has 1 heterocycles. The highest BCUT2D eigenvalue weighted by molar-refractivity contribution is 5.54. The van der Waals surface area contributed by atoms with Gasteiger partial charge in [-0.05, 0) is 37.7 Å². The monoisotopic (exact) mass is 261 g/mol. The Kier molecular flexibility index (Phi) is 5.26. The van der Waals surface area contributed by atoms with Crippen molar-refractivity contribution in [3.05, 3.63) is 29.8 Å². The van der Waals surface area contributed by atoms with E-state index in [4.69, 9.17) is 0 Å². The SMILES string of the molecule is CCC1CCCN(c2ccccc2C(O)CC)CC1. The van der Waals surface area contributed by atoms with E-state index < -0.39 is 0 Å². The molecule has 0 amide bonds. The van der Waals surface area contributed by atoms with Crippen LogP contribution >= 0.6 is 0 Å². The van der Waals surface area contributed by atoms with Gasteiger partial charge < -0.3 is 10.0 Å². The van der Waals surface area contributed by atoms with Crippen LogP contribution < -0.4 is 4.90 Å². The maximum absolute atomic E-state index is 10.2. The first-order valence-electron chi connectivity index (χ1n) is 7.78. The standard InChI is InChI=1S/C17H27NO/c1-3-14-8-7-12-18(13-11-14)16-10-6-5-9-15(16)17(19)4-2/h5-6,9-10,14,17,19H,3-4,7-8,11-13H2,1-2H3. The van der Waals surface area contributed by atoms with E-state index in [1.54, 1.807) is 0 Å². The Labute approximate surface area is 117 Å². The maximum Gasteiger partial charge on any atom is 0.0807 e. The zero-order valence-corrected chi connectivity index (χ0v) is 12.3. The average molecular weight is 261 g/mol. The summed E-state index contributed by atoms with van der Waals surface area (Å²) < 4.78 is 0. The van der Waals surface area contributed by atoms with Crippen LogP contribution in [0.2, 0.25) is 0 Å². The summed E-state index contributed by atoms with van der Waals surface area (Å²) >= 11 is 0. The highest BCUT2D eigenvalue weighted by atomic mass is 16.3. The number of nitrogens with zero attached hydrogens (tertiary/aromatic N) is 1. The van der Waals surface area contributed by atoms with Crippen molar-refractivity contribution in [3.63, 3.8) is 0 Å². The molecule has 1 aliphatic heterocycles. The number of benzene rings is 1. The van der Waals surface area contributed by atoms with Crippen LogP contribution in [-0.2, 0) is 0 Å². The Balaban J connectivity index is 2.17. The number of aliphatic hydroxyl groups is 1. The van der Waals surface area contributed by atoms with E-state index in [1.807, 2.05) is 13.0 Å². The lowest BCUT2D eigenvalue weighted by atomic mass is 9.98. The zero-order chi connectivity index (χ0) is 13.7. The molecule has 0 bridgehead atoms. The van der Waals surface area contributed by atoms with E-state index in [-0.39, 0.29) is 6.10 Å². The summed E-state index contributed by atoms with van der Waals surface area (Å²) in [4.78, 5) is 2.48. The van der Waals surface area contributed by atoms with E-state index in [1.165, 1.54) is 31.4 Å². The van der Waals surface area contributed by atoms with Gasteiger partial charge in [0.2, 0.25) is 0 Å². The Morgan fingerprint density at radius 2 is 2.00 bits per heavy atom. The van der Waals surface area contributed by atoms with Gasteiger partial charge in [0.1, 0.15) is 0 Å². The predicted molar refractivity (Wildman–Crippen MR) is 81.5 cm³/mol. The van der Waals surface area contributed by atoms with Gasteiger partial charge in [-0.25, -0.2) is 0 Å². The normalized spacial score (nSPS) is 22.1. The molecule has 2 unspecified atom stereocenters. The molecule has 0 aromatic heterocycles. The van der Waals surface area contributed by atoms with Crippen LogP contribution in [-0.4, -0.2) is 18.2 Å². The third-order valence-corrected chi connectivity index (χ3v) is 4.45. The van der Waals surface area contributed by atoms with Gasteiger partial charge in [0.05, 0.1) is 6.10 Å². The van der Waals surface area contributed by atoms with Gasteiger partial charge in [-0.1, -0.05) is 38.5 Å². The molecule has 2 rings (SSSR count). The molecule has 1 aromatic carbocycles. The van der Waals surface area contributed by atoms with Crippen molar-refractivity contribution in [1.29, 1.82) is 0 Å². The highest BCUT2D eigenvalue weighted by Gasteiger charge is 2.19. The predicted octanol–water partition coefficient (Wildman–Crippen LogP) is 4.15. The summed E-state index contributed by atoms with van der Waals surface area (Å²) in [5.74, 6) is 0.883. The molecule has 1 aromatic rings. The summed E-state index contributed by atoms with van der Waals surface area (Å²) in [6.07, 6.45) is 5.66. The maximum atomic E-state index is 10.2. The van der Waals surface area contributed by atoms with Crippen LogP contribution in [0.25, 0.3) is 0 Å².